The third-order valence-electron chi connectivity index (χ3n) is 5.01. The Morgan fingerprint density at radius 1 is 1.19 bits per heavy atom. The van der Waals surface area contributed by atoms with Crippen molar-refractivity contribution < 1.29 is 19.1 Å². The Morgan fingerprint density at radius 3 is 2.58 bits per heavy atom. The molecule has 0 fully saturated rings. The highest BCUT2D eigenvalue weighted by Crippen LogP contribution is 2.26. The van der Waals surface area contributed by atoms with E-state index in [1.54, 1.807) is 32.1 Å². The molecular formula is C26H29ClN4O4S. The summed E-state index contributed by atoms with van der Waals surface area (Å²) in [5.74, 6) is 0.706. The smallest absolute Gasteiger partial charge is 0.338 e. The largest absolute Gasteiger partial charge is 0.485 e. The number of rotatable bonds is 11. The van der Waals surface area contributed by atoms with E-state index in [0.717, 1.165) is 16.9 Å². The number of nitrogens with one attached hydrogen (secondary N) is 1. The first kappa shape index (κ1) is 27.3. The molecule has 1 N–H and O–H groups in total. The van der Waals surface area contributed by atoms with E-state index in [1.165, 1.54) is 17.8 Å². The summed E-state index contributed by atoms with van der Waals surface area (Å²) >= 11 is 7.45. The Kier molecular flexibility index (Phi) is 9.55. The molecule has 0 aliphatic heterocycles. The van der Waals surface area contributed by atoms with Crippen LogP contribution in [0.15, 0.2) is 54.2 Å². The maximum Gasteiger partial charge on any atom is 0.338 e. The summed E-state index contributed by atoms with van der Waals surface area (Å²) in [6.45, 7) is 12.0. The van der Waals surface area contributed by atoms with E-state index in [2.05, 4.69) is 22.1 Å². The van der Waals surface area contributed by atoms with Gasteiger partial charge in [-0.15, -0.1) is 16.8 Å². The zero-order chi connectivity index (χ0) is 26.2. The fraction of sp³-hybridized carbons (Fsp3) is 0.308. The van der Waals surface area contributed by atoms with Crippen molar-refractivity contribution in [2.45, 2.75) is 52.1 Å². The molecule has 8 nitrogen and oxygen atoms in total. The molecular weight excluding hydrogens is 500 g/mol. The van der Waals surface area contributed by atoms with Crippen molar-refractivity contribution in [3.05, 3.63) is 76.6 Å². The number of nitrogens with zero attached hydrogens (tertiary/aromatic N) is 3. The molecule has 0 atom stereocenters. The second-order valence-corrected chi connectivity index (χ2v) is 9.64. The van der Waals surface area contributed by atoms with E-state index in [-0.39, 0.29) is 24.4 Å². The number of esters is 1. The zero-order valence-corrected chi connectivity index (χ0v) is 22.3. The number of hydrogen-bond donors (Lipinski definition) is 1. The van der Waals surface area contributed by atoms with E-state index in [0.29, 0.717) is 33.8 Å². The van der Waals surface area contributed by atoms with Crippen LogP contribution in [-0.4, -0.2) is 38.5 Å². The second-order valence-electron chi connectivity index (χ2n) is 8.29. The molecule has 190 valence electrons. The Morgan fingerprint density at radius 2 is 1.92 bits per heavy atom. The van der Waals surface area contributed by atoms with Crippen LogP contribution in [0.5, 0.6) is 5.75 Å². The maximum atomic E-state index is 12.6. The molecule has 0 saturated heterocycles. The Hall–Kier alpha value is -3.30. The van der Waals surface area contributed by atoms with Gasteiger partial charge in [0.15, 0.2) is 11.0 Å². The van der Waals surface area contributed by atoms with Gasteiger partial charge in [0.2, 0.25) is 5.91 Å². The predicted molar refractivity (Wildman–Crippen MR) is 142 cm³/mol. The van der Waals surface area contributed by atoms with E-state index in [1.807, 2.05) is 36.6 Å². The highest BCUT2D eigenvalue weighted by Gasteiger charge is 2.17. The summed E-state index contributed by atoms with van der Waals surface area (Å²) in [6.07, 6.45) is 1.48. The van der Waals surface area contributed by atoms with E-state index in [4.69, 9.17) is 21.1 Å². The summed E-state index contributed by atoms with van der Waals surface area (Å²) in [6, 6.07) is 10.6. The third-order valence-corrected chi connectivity index (χ3v) is 6.31. The number of allylic oxidation sites excluding steroid dienone is 1. The summed E-state index contributed by atoms with van der Waals surface area (Å²) in [5, 5.41) is 12.1. The minimum absolute atomic E-state index is 0.0596. The standard InChI is InChI=1S/C26H29ClN4O4S/c1-6-12-31-22(14-34-24-17(4)8-7-9-18(24)5)29-30-26(31)36-15-23(32)28-21-13-19(10-11-20(21)27)25(33)35-16(2)3/h6-11,13,16H,1,12,14-15H2,2-5H3,(H,28,32). The fourth-order valence-electron chi connectivity index (χ4n) is 3.36. The van der Waals surface area contributed by atoms with Crippen LogP contribution in [0.1, 0.15) is 41.2 Å². The molecule has 3 aromatic rings. The van der Waals surface area contributed by atoms with Crippen LogP contribution in [0.2, 0.25) is 5.02 Å². The molecule has 1 aromatic heterocycles. The first-order chi connectivity index (χ1) is 17.2. The molecule has 3 rings (SSSR count). The van der Waals surface area contributed by atoms with Crippen molar-refractivity contribution in [3.8, 4) is 5.75 Å². The third kappa shape index (κ3) is 7.11. The molecule has 10 heteroatoms. The molecule has 0 spiro atoms. The number of thioether (sulfide) groups is 1. The van der Waals surface area contributed by atoms with Crippen molar-refractivity contribution in [1.29, 1.82) is 0 Å². The van der Waals surface area contributed by atoms with E-state index >= 15 is 0 Å². The number of aryl methyl sites for hydroxylation is 2. The van der Waals surface area contributed by atoms with E-state index < -0.39 is 5.97 Å². The average molecular weight is 529 g/mol. The first-order valence-electron chi connectivity index (χ1n) is 11.3. The van der Waals surface area contributed by atoms with Gasteiger partial charge in [-0.25, -0.2) is 4.79 Å². The Balaban J connectivity index is 1.66. The van der Waals surface area contributed by atoms with Gasteiger partial charge in [0.1, 0.15) is 12.4 Å². The molecule has 2 aromatic carbocycles. The summed E-state index contributed by atoms with van der Waals surface area (Å²) in [5.41, 5.74) is 2.71. The number of hydrogen-bond acceptors (Lipinski definition) is 7. The highest BCUT2D eigenvalue weighted by molar-refractivity contribution is 7.99. The Bertz CT molecular complexity index is 1240. The predicted octanol–water partition coefficient (Wildman–Crippen LogP) is 5.61. The number of para-hydroxylation sites is 1. The summed E-state index contributed by atoms with van der Waals surface area (Å²) in [4.78, 5) is 24.8. The maximum absolute atomic E-state index is 12.6. The number of benzene rings is 2. The lowest BCUT2D eigenvalue weighted by atomic mass is 10.1. The number of anilines is 1. The van der Waals surface area contributed by atoms with Crippen LogP contribution >= 0.6 is 23.4 Å². The van der Waals surface area contributed by atoms with Gasteiger partial charge in [0.25, 0.3) is 0 Å². The molecule has 0 bridgehead atoms. The molecule has 0 aliphatic rings. The lowest BCUT2D eigenvalue weighted by Gasteiger charge is -2.13. The number of carbonyl (C=O) groups is 2. The van der Waals surface area contributed by atoms with Crippen molar-refractivity contribution in [2.75, 3.05) is 11.1 Å². The lowest BCUT2D eigenvalue weighted by molar-refractivity contribution is -0.113. The van der Waals surface area contributed by atoms with Crippen LogP contribution in [0.3, 0.4) is 0 Å². The molecule has 36 heavy (non-hydrogen) atoms. The van der Waals surface area contributed by atoms with Crippen molar-refractivity contribution in [1.82, 2.24) is 14.8 Å². The summed E-state index contributed by atoms with van der Waals surface area (Å²) in [7, 11) is 0. The molecule has 1 heterocycles. The van der Waals surface area contributed by atoms with Gasteiger partial charge in [-0.05, 0) is 57.0 Å². The van der Waals surface area contributed by atoms with Crippen LogP contribution in [0, 0.1) is 13.8 Å². The van der Waals surface area contributed by atoms with Crippen LogP contribution in [-0.2, 0) is 22.7 Å². The normalized spacial score (nSPS) is 10.8. The molecule has 0 radical (unpaired) electrons. The van der Waals surface area contributed by atoms with Crippen molar-refractivity contribution in [2.24, 2.45) is 0 Å². The molecule has 0 saturated carbocycles. The average Bonchev–Trinajstić information content (AvgIpc) is 3.20. The van der Waals surface area contributed by atoms with Crippen LogP contribution in [0.25, 0.3) is 0 Å². The number of aromatic nitrogens is 3. The fourth-order valence-corrected chi connectivity index (χ4v) is 4.29. The molecule has 0 aliphatic carbocycles. The first-order valence-corrected chi connectivity index (χ1v) is 12.7. The van der Waals surface area contributed by atoms with Crippen molar-refractivity contribution >= 4 is 40.9 Å². The minimum Gasteiger partial charge on any atom is -0.485 e. The van der Waals surface area contributed by atoms with Gasteiger partial charge in [-0.3, -0.25) is 9.36 Å². The second kappa shape index (κ2) is 12.6. The monoisotopic (exact) mass is 528 g/mol. The number of carbonyl (C=O) groups excluding carboxylic acids is 2. The Labute approximate surface area is 220 Å². The van der Waals surface area contributed by atoms with Gasteiger partial charge in [-0.1, -0.05) is 47.6 Å². The van der Waals surface area contributed by atoms with Crippen molar-refractivity contribution in [3.63, 3.8) is 0 Å². The number of amides is 1. The van der Waals surface area contributed by atoms with Gasteiger partial charge < -0.3 is 14.8 Å². The van der Waals surface area contributed by atoms with E-state index in [9.17, 15) is 9.59 Å². The quantitative estimate of drug-likeness (QED) is 0.196. The highest BCUT2D eigenvalue weighted by atomic mass is 35.5. The van der Waals surface area contributed by atoms with Crippen LogP contribution in [0.4, 0.5) is 5.69 Å². The molecule has 0 unspecified atom stereocenters. The topological polar surface area (TPSA) is 95.3 Å². The van der Waals surface area contributed by atoms with Gasteiger partial charge >= 0.3 is 5.97 Å². The summed E-state index contributed by atoms with van der Waals surface area (Å²) < 4.78 is 13.1. The van der Waals surface area contributed by atoms with Gasteiger partial charge in [0.05, 0.1) is 28.1 Å². The van der Waals surface area contributed by atoms with Crippen LogP contribution < -0.4 is 10.1 Å². The number of ether oxygens (including phenoxy) is 2. The number of halogens is 1. The lowest BCUT2D eigenvalue weighted by Crippen LogP contribution is -2.16. The zero-order valence-electron chi connectivity index (χ0n) is 20.7. The molecule has 1 amide bonds. The van der Waals surface area contributed by atoms with Gasteiger partial charge in [0, 0.05) is 6.54 Å². The van der Waals surface area contributed by atoms with Gasteiger partial charge in [-0.2, -0.15) is 0 Å². The SMILES string of the molecule is C=CCn1c(COc2c(C)cccc2C)nnc1SCC(=O)Nc1cc(C(=O)OC(C)C)ccc1Cl. The minimum atomic E-state index is -0.486.